The topological polar surface area (TPSA) is 47.7 Å². The number of nitrogens with zero attached hydrogens (tertiary/aromatic N) is 1. The maximum Gasteiger partial charge on any atom is 0.0615 e. The van der Waals surface area contributed by atoms with Crippen molar-refractivity contribution in [3.05, 3.63) is 0 Å². The summed E-state index contributed by atoms with van der Waals surface area (Å²) in [7, 11) is 3.53. The minimum Gasteiger partial charge on any atom is -0.383 e. The molecule has 1 aliphatic rings. The number of nitrogens with two attached hydrogens (primary N) is 1. The van der Waals surface area contributed by atoms with E-state index in [2.05, 4.69) is 25.7 Å². The summed E-state index contributed by atoms with van der Waals surface area (Å²) in [5.74, 6) is 0. The maximum absolute atomic E-state index is 6.21. The SMILES string of the molecule is COCCN(C(C)COC)C1(CN)CCC(C)(C)CC1. The van der Waals surface area contributed by atoms with Gasteiger partial charge in [0.2, 0.25) is 0 Å². The minimum atomic E-state index is 0.117. The second-order valence-electron chi connectivity index (χ2n) is 7.08. The molecule has 1 rings (SSSR count). The Balaban J connectivity index is 2.84. The van der Waals surface area contributed by atoms with Crippen LogP contribution in [0.1, 0.15) is 46.5 Å². The van der Waals surface area contributed by atoms with Gasteiger partial charge in [0.05, 0.1) is 13.2 Å². The zero-order valence-electron chi connectivity index (χ0n) is 14.1. The molecule has 0 bridgehead atoms. The molecule has 0 aromatic rings. The van der Waals surface area contributed by atoms with Crippen LogP contribution in [0.4, 0.5) is 0 Å². The van der Waals surface area contributed by atoms with Crippen LogP contribution >= 0.6 is 0 Å². The Hall–Kier alpha value is -0.160. The zero-order valence-corrected chi connectivity index (χ0v) is 14.1. The molecule has 1 aliphatic carbocycles. The van der Waals surface area contributed by atoms with Gasteiger partial charge in [-0.05, 0) is 38.0 Å². The zero-order chi connectivity index (χ0) is 15.2. The van der Waals surface area contributed by atoms with Crippen molar-refractivity contribution in [1.29, 1.82) is 0 Å². The molecule has 4 heteroatoms. The van der Waals surface area contributed by atoms with Crippen molar-refractivity contribution in [2.24, 2.45) is 11.1 Å². The van der Waals surface area contributed by atoms with Gasteiger partial charge in [0.15, 0.2) is 0 Å². The standard InChI is InChI=1S/C16H34N2O2/c1-14(12-20-5)18(10-11-19-4)16(13-17)8-6-15(2,3)7-9-16/h14H,6-13,17H2,1-5H3. The van der Waals surface area contributed by atoms with Crippen LogP contribution in [0.3, 0.4) is 0 Å². The molecule has 0 aromatic carbocycles. The molecule has 0 saturated heterocycles. The van der Waals surface area contributed by atoms with Crippen LogP contribution in [0.25, 0.3) is 0 Å². The molecule has 1 atom stereocenters. The fraction of sp³-hybridized carbons (Fsp3) is 1.00. The summed E-state index contributed by atoms with van der Waals surface area (Å²) in [6, 6.07) is 0.375. The molecule has 1 saturated carbocycles. The maximum atomic E-state index is 6.21. The predicted molar refractivity (Wildman–Crippen MR) is 84.0 cm³/mol. The first-order chi connectivity index (χ1) is 9.40. The molecule has 20 heavy (non-hydrogen) atoms. The summed E-state index contributed by atoms with van der Waals surface area (Å²) in [6.45, 7) is 10.1. The second-order valence-corrected chi connectivity index (χ2v) is 7.08. The van der Waals surface area contributed by atoms with Gasteiger partial charge in [0.25, 0.3) is 0 Å². The van der Waals surface area contributed by atoms with Crippen LogP contribution < -0.4 is 5.73 Å². The smallest absolute Gasteiger partial charge is 0.0615 e. The Morgan fingerprint density at radius 3 is 2.15 bits per heavy atom. The van der Waals surface area contributed by atoms with Gasteiger partial charge in [-0.3, -0.25) is 4.90 Å². The average molecular weight is 286 g/mol. The Morgan fingerprint density at radius 1 is 1.10 bits per heavy atom. The van der Waals surface area contributed by atoms with Crippen LogP contribution in [0, 0.1) is 5.41 Å². The molecule has 0 heterocycles. The van der Waals surface area contributed by atoms with Crippen molar-refractivity contribution < 1.29 is 9.47 Å². The van der Waals surface area contributed by atoms with Crippen molar-refractivity contribution in [2.45, 2.75) is 58.0 Å². The summed E-state index contributed by atoms with van der Waals surface area (Å²) >= 11 is 0. The highest BCUT2D eigenvalue weighted by Gasteiger charge is 2.42. The van der Waals surface area contributed by atoms with Gasteiger partial charge in [-0.2, -0.15) is 0 Å². The van der Waals surface area contributed by atoms with E-state index in [-0.39, 0.29) is 5.54 Å². The lowest BCUT2D eigenvalue weighted by Gasteiger charge is -2.51. The molecular formula is C16H34N2O2. The second kappa shape index (κ2) is 7.74. The fourth-order valence-corrected chi connectivity index (χ4v) is 3.45. The van der Waals surface area contributed by atoms with Gasteiger partial charge in [0.1, 0.15) is 0 Å². The van der Waals surface area contributed by atoms with E-state index in [0.717, 1.165) is 26.3 Å². The first kappa shape index (κ1) is 17.9. The van der Waals surface area contributed by atoms with Gasteiger partial charge in [-0.15, -0.1) is 0 Å². The van der Waals surface area contributed by atoms with Crippen LogP contribution in [-0.4, -0.2) is 57.0 Å². The molecule has 0 radical (unpaired) electrons. The molecule has 0 aromatic heterocycles. The highest BCUT2D eigenvalue weighted by Crippen LogP contribution is 2.43. The molecule has 4 nitrogen and oxygen atoms in total. The summed E-state index contributed by atoms with van der Waals surface area (Å²) in [5.41, 5.74) is 6.78. The van der Waals surface area contributed by atoms with Crippen molar-refractivity contribution in [1.82, 2.24) is 4.90 Å². The Morgan fingerprint density at radius 2 is 1.70 bits per heavy atom. The number of rotatable bonds is 8. The minimum absolute atomic E-state index is 0.117. The first-order valence-electron chi connectivity index (χ1n) is 7.85. The van der Waals surface area contributed by atoms with E-state index in [1.54, 1.807) is 14.2 Å². The van der Waals surface area contributed by atoms with Crippen LogP contribution in [0.5, 0.6) is 0 Å². The third kappa shape index (κ3) is 4.42. The summed E-state index contributed by atoms with van der Waals surface area (Å²) in [4.78, 5) is 2.54. The first-order valence-corrected chi connectivity index (χ1v) is 7.85. The molecule has 0 aliphatic heterocycles. The molecule has 1 unspecified atom stereocenters. The highest BCUT2D eigenvalue weighted by atomic mass is 16.5. The Bertz CT molecular complexity index is 272. The van der Waals surface area contributed by atoms with E-state index >= 15 is 0 Å². The molecule has 0 spiro atoms. The Labute approximate surface area is 125 Å². The highest BCUT2D eigenvalue weighted by molar-refractivity contribution is 4.99. The summed E-state index contributed by atoms with van der Waals surface area (Å²) < 4.78 is 10.7. The van der Waals surface area contributed by atoms with E-state index < -0.39 is 0 Å². The quantitative estimate of drug-likeness (QED) is 0.743. The number of methoxy groups -OCH3 is 2. The number of hydrogen-bond acceptors (Lipinski definition) is 4. The monoisotopic (exact) mass is 286 g/mol. The Kier molecular flexibility index (Phi) is 6.92. The predicted octanol–water partition coefficient (Wildman–Crippen LogP) is 2.27. The summed E-state index contributed by atoms with van der Waals surface area (Å²) in [6.07, 6.45) is 4.84. The van der Waals surface area contributed by atoms with Crippen molar-refractivity contribution >= 4 is 0 Å². The molecular weight excluding hydrogens is 252 g/mol. The molecule has 2 N–H and O–H groups in total. The lowest BCUT2D eigenvalue weighted by molar-refractivity contribution is -0.0350. The van der Waals surface area contributed by atoms with Crippen molar-refractivity contribution in [3.8, 4) is 0 Å². The van der Waals surface area contributed by atoms with Crippen LogP contribution in [0.15, 0.2) is 0 Å². The lowest BCUT2D eigenvalue weighted by atomic mass is 9.68. The average Bonchev–Trinajstić information content (AvgIpc) is 2.41. The lowest BCUT2D eigenvalue weighted by Crippen LogP contribution is -2.60. The normalized spacial score (nSPS) is 22.9. The van der Waals surface area contributed by atoms with Gasteiger partial charge in [-0.1, -0.05) is 13.8 Å². The van der Waals surface area contributed by atoms with Gasteiger partial charge in [-0.25, -0.2) is 0 Å². The van der Waals surface area contributed by atoms with E-state index in [4.69, 9.17) is 15.2 Å². The van der Waals surface area contributed by atoms with Gasteiger partial charge >= 0.3 is 0 Å². The fourth-order valence-electron chi connectivity index (χ4n) is 3.45. The van der Waals surface area contributed by atoms with Crippen LogP contribution in [-0.2, 0) is 9.47 Å². The van der Waals surface area contributed by atoms with E-state index in [9.17, 15) is 0 Å². The molecule has 0 amide bonds. The van der Waals surface area contributed by atoms with Crippen molar-refractivity contribution in [2.75, 3.05) is 40.5 Å². The van der Waals surface area contributed by atoms with Gasteiger partial charge < -0.3 is 15.2 Å². The van der Waals surface area contributed by atoms with E-state index in [1.807, 2.05) is 0 Å². The summed E-state index contributed by atoms with van der Waals surface area (Å²) in [5, 5.41) is 0. The molecule has 1 fully saturated rings. The van der Waals surface area contributed by atoms with Gasteiger partial charge in [0, 0.05) is 38.9 Å². The largest absolute Gasteiger partial charge is 0.383 e. The third-order valence-electron chi connectivity index (χ3n) is 5.00. The molecule has 120 valence electrons. The van der Waals surface area contributed by atoms with Crippen molar-refractivity contribution in [3.63, 3.8) is 0 Å². The number of hydrogen-bond donors (Lipinski definition) is 1. The third-order valence-corrected chi connectivity index (χ3v) is 5.00. The van der Waals surface area contributed by atoms with E-state index in [0.29, 0.717) is 11.5 Å². The number of ether oxygens (including phenoxy) is 2. The van der Waals surface area contributed by atoms with Crippen LogP contribution in [0.2, 0.25) is 0 Å². The van der Waals surface area contributed by atoms with E-state index in [1.165, 1.54) is 25.7 Å².